The number of aliphatic hydroxyl groups is 2. The predicted molar refractivity (Wildman–Crippen MR) is 167 cm³/mol. The Balaban J connectivity index is 1.52. The standard InChI is InChI=1S/C31H39N4O12P/c1-19(2)13-14-43-31(41)22(15-24(36)44-16-20-9-5-3-6-10-20)34-48(42,47-21-11-7-4-8-12-21)45-17-23-26(37)27(38)30(46-23)35-18-33-25(28(32)39)29(35)40/h3-12,18-19,22-23,26-27,30,37-38,40H,13-17H2,1-2H3,(H2,32,39)(H,34,42)/t22-,23+,26+,27+,30+,48?/m0/s1. The number of nitrogens with two attached hydrogens (primary N) is 1. The van der Waals surface area contributed by atoms with E-state index in [4.69, 9.17) is 29.0 Å². The van der Waals surface area contributed by atoms with Gasteiger partial charge in [0.2, 0.25) is 5.88 Å². The highest BCUT2D eigenvalue weighted by Crippen LogP contribution is 2.46. The molecule has 1 amide bonds. The van der Waals surface area contributed by atoms with E-state index in [9.17, 15) is 34.3 Å². The fourth-order valence-corrected chi connectivity index (χ4v) is 6.03. The second-order valence-electron chi connectivity index (χ2n) is 11.3. The third-order valence-electron chi connectivity index (χ3n) is 7.14. The SMILES string of the molecule is CC(C)CCOC(=O)[C@H](CC(=O)OCc1ccccc1)NP(=O)(OC[C@H]1O[C@@H](n2cnc(C(N)=O)c2O)[C@H](O)[C@@H]1O)Oc1ccccc1. The van der Waals surface area contributed by atoms with E-state index < -0.39 is 80.8 Å². The van der Waals surface area contributed by atoms with Crippen molar-refractivity contribution in [3.05, 3.63) is 78.2 Å². The van der Waals surface area contributed by atoms with E-state index in [1.807, 2.05) is 13.8 Å². The Labute approximate surface area is 276 Å². The number of aromatic hydroxyl groups is 1. The third-order valence-corrected chi connectivity index (χ3v) is 8.71. The average molecular weight is 691 g/mol. The van der Waals surface area contributed by atoms with Crippen LogP contribution in [0.1, 0.15) is 49.0 Å². The Bertz CT molecular complexity index is 1570. The van der Waals surface area contributed by atoms with Gasteiger partial charge in [0, 0.05) is 0 Å². The number of hydrogen-bond acceptors (Lipinski definition) is 13. The zero-order valence-electron chi connectivity index (χ0n) is 26.3. The number of primary amides is 1. The maximum Gasteiger partial charge on any atom is 0.459 e. The lowest BCUT2D eigenvalue weighted by atomic mass is 10.1. The molecule has 0 saturated carbocycles. The van der Waals surface area contributed by atoms with Crippen molar-refractivity contribution in [2.24, 2.45) is 11.7 Å². The molecule has 1 aromatic heterocycles. The van der Waals surface area contributed by atoms with Crippen LogP contribution in [0.3, 0.4) is 0 Å². The Kier molecular flexibility index (Phi) is 12.7. The zero-order chi connectivity index (χ0) is 34.8. The fourth-order valence-electron chi connectivity index (χ4n) is 4.53. The van der Waals surface area contributed by atoms with Crippen LogP contribution in [0, 0.1) is 5.92 Å². The van der Waals surface area contributed by atoms with Crippen LogP contribution >= 0.6 is 7.75 Å². The van der Waals surface area contributed by atoms with E-state index in [0.717, 1.165) is 10.9 Å². The number of carbonyl (C=O) groups excluding carboxylic acids is 3. The number of benzene rings is 2. The Hall–Kier alpha value is -4.31. The topological polar surface area (TPSA) is 231 Å². The van der Waals surface area contributed by atoms with Crippen LogP contribution in [0.25, 0.3) is 0 Å². The van der Waals surface area contributed by atoms with Gasteiger partial charge in [-0.1, -0.05) is 62.4 Å². The maximum absolute atomic E-state index is 14.2. The van der Waals surface area contributed by atoms with Gasteiger partial charge in [-0.2, -0.15) is 5.09 Å². The number of ether oxygens (including phenoxy) is 3. The lowest BCUT2D eigenvalue weighted by Gasteiger charge is -2.26. The van der Waals surface area contributed by atoms with E-state index in [1.165, 1.54) is 12.1 Å². The first-order valence-electron chi connectivity index (χ1n) is 15.1. The summed E-state index contributed by atoms with van der Waals surface area (Å²) in [5.41, 5.74) is 5.41. The smallest absolute Gasteiger partial charge is 0.459 e. The van der Waals surface area contributed by atoms with Crippen molar-refractivity contribution in [3.63, 3.8) is 0 Å². The van der Waals surface area contributed by atoms with Gasteiger partial charge in [-0.05, 0) is 30.0 Å². The summed E-state index contributed by atoms with van der Waals surface area (Å²) >= 11 is 0. The van der Waals surface area contributed by atoms with Crippen LogP contribution < -0.4 is 15.3 Å². The Morgan fingerprint density at radius 2 is 1.71 bits per heavy atom. The van der Waals surface area contributed by atoms with Gasteiger partial charge in [0.05, 0.1) is 19.6 Å². The third kappa shape index (κ3) is 9.86. The van der Waals surface area contributed by atoms with Crippen LogP contribution in [-0.4, -0.2) is 80.3 Å². The summed E-state index contributed by atoms with van der Waals surface area (Å²) in [5.74, 6) is -3.19. The molecule has 1 unspecified atom stereocenters. The van der Waals surface area contributed by atoms with Gasteiger partial charge in [-0.25, -0.2) is 9.55 Å². The fraction of sp³-hybridized carbons (Fsp3) is 0.419. The van der Waals surface area contributed by atoms with E-state index in [2.05, 4.69) is 10.1 Å². The highest BCUT2D eigenvalue weighted by Gasteiger charge is 2.47. The number of aromatic nitrogens is 2. The lowest BCUT2D eigenvalue weighted by Crippen LogP contribution is -2.41. The van der Waals surface area contributed by atoms with Gasteiger partial charge in [-0.15, -0.1) is 0 Å². The number of esters is 2. The van der Waals surface area contributed by atoms with Gasteiger partial charge >= 0.3 is 19.7 Å². The quantitative estimate of drug-likeness (QED) is 0.101. The maximum atomic E-state index is 14.2. The van der Waals surface area contributed by atoms with Gasteiger partial charge in [0.25, 0.3) is 5.91 Å². The molecule has 48 heavy (non-hydrogen) atoms. The van der Waals surface area contributed by atoms with Crippen LogP contribution in [0.4, 0.5) is 0 Å². The molecule has 2 heterocycles. The molecule has 6 atom stereocenters. The molecule has 1 aliphatic rings. The summed E-state index contributed by atoms with van der Waals surface area (Å²) in [4.78, 5) is 41.3. The van der Waals surface area contributed by atoms with Gasteiger partial charge in [0.15, 0.2) is 11.9 Å². The zero-order valence-corrected chi connectivity index (χ0v) is 27.2. The number of hydrogen-bond donors (Lipinski definition) is 5. The minimum atomic E-state index is -4.61. The van der Waals surface area contributed by atoms with E-state index in [1.54, 1.807) is 48.5 Å². The monoisotopic (exact) mass is 690 g/mol. The number of aliphatic hydroxyl groups excluding tert-OH is 2. The first-order chi connectivity index (χ1) is 22.9. The molecule has 2 aromatic carbocycles. The van der Waals surface area contributed by atoms with Crippen molar-refractivity contribution in [2.75, 3.05) is 13.2 Å². The van der Waals surface area contributed by atoms with Crippen molar-refractivity contribution < 1.29 is 57.5 Å². The first-order valence-corrected chi connectivity index (χ1v) is 16.6. The highest BCUT2D eigenvalue weighted by atomic mass is 31.2. The van der Waals surface area contributed by atoms with Gasteiger partial charge in [0.1, 0.15) is 43.0 Å². The van der Waals surface area contributed by atoms with Gasteiger partial charge in [-0.3, -0.25) is 23.5 Å². The number of nitrogens with one attached hydrogen (secondary N) is 1. The van der Waals surface area contributed by atoms with Crippen molar-refractivity contribution in [1.82, 2.24) is 14.6 Å². The average Bonchev–Trinajstić information content (AvgIpc) is 3.57. The number of imidazole rings is 1. The Morgan fingerprint density at radius 3 is 2.33 bits per heavy atom. The van der Waals surface area contributed by atoms with E-state index >= 15 is 0 Å². The molecule has 1 saturated heterocycles. The van der Waals surface area contributed by atoms with Crippen molar-refractivity contribution in [1.29, 1.82) is 0 Å². The molecule has 16 nitrogen and oxygen atoms in total. The largest absolute Gasteiger partial charge is 0.493 e. The molecule has 6 N–H and O–H groups in total. The van der Waals surface area contributed by atoms with Crippen LogP contribution in [0.15, 0.2) is 67.0 Å². The molecule has 0 spiro atoms. The summed E-state index contributed by atoms with van der Waals surface area (Å²) < 4.78 is 42.8. The first kappa shape index (κ1) is 36.5. The second-order valence-corrected chi connectivity index (χ2v) is 13.0. The lowest BCUT2D eigenvalue weighted by molar-refractivity contribution is -0.153. The molecule has 260 valence electrons. The Morgan fingerprint density at radius 1 is 1.04 bits per heavy atom. The van der Waals surface area contributed by atoms with E-state index in [0.29, 0.717) is 12.0 Å². The number of para-hydroxylation sites is 1. The highest BCUT2D eigenvalue weighted by molar-refractivity contribution is 7.52. The van der Waals surface area contributed by atoms with E-state index in [-0.39, 0.29) is 24.9 Å². The normalized spacial score (nSPS) is 20.9. The summed E-state index contributed by atoms with van der Waals surface area (Å²) in [5, 5.41) is 34.2. The minimum absolute atomic E-state index is 0.0262. The summed E-state index contributed by atoms with van der Waals surface area (Å²) in [6.45, 7) is 3.14. The molecular weight excluding hydrogens is 651 g/mol. The molecule has 1 fully saturated rings. The number of rotatable bonds is 17. The van der Waals surface area contributed by atoms with Crippen LogP contribution in [-0.2, 0) is 39.5 Å². The van der Waals surface area contributed by atoms with Crippen LogP contribution in [0.5, 0.6) is 11.6 Å². The molecule has 4 rings (SSSR count). The van der Waals surface area contributed by atoms with Crippen molar-refractivity contribution >= 4 is 25.6 Å². The number of amides is 1. The second kappa shape index (κ2) is 16.7. The van der Waals surface area contributed by atoms with Crippen molar-refractivity contribution in [2.45, 2.75) is 63.9 Å². The molecule has 1 aliphatic heterocycles. The summed E-state index contributed by atoms with van der Waals surface area (Å²) in [7, 11) is -4.61. The summed E-state index contributed by atoms with van der Waals surface area (Å²) in [6, 6.07) is 15.1. The molecule has 17 heteroatoms. The van der Waals surface area contributed by atoms with Crippen molar-refractivity contribution in [3.8, 4) is 11.6 Å². The molecule has 0 radical (unpaired) electrons. The number of nitrogens with zero attached hydrogens (tertiary/aromatic N) is 2. The number of carbonyl (C=O) groups is 3. The van der Waals surface area contributed by atoms with Crippen LogP contribution in [0.2, 0.25) is 0 Å². The molecular formula is C31H39N4O12P. The molecule has 3 aromatic rings. The molecule has 0 bridgehead atoms. The minimum Gasteiger partial charge on any atom is -0.493 e. The predicted octanol–water partition coefficient (Wildman–Crippen LogP) is 2.19. The van der Waals surface area contributed by atoms with Gasteiger partial charge < -0.3 is 39.8 Å². The molecule has 0 aliphatic carbocycles. The summed E-state index contributed by atoms with van der Waals surface area (Å²) in [6.07, 6.45) is -5.22.